The van der Waals surface area contributed by atoms with Crippen molar-refractivity contribution in [3.63, 3.8) is 0 Å². The Labute approximate surface area is 98.6 Å². The van der Waals surface area contributed by atoms with Crippen molar-refractivity contribution in [2.24, 2.45) is 10.1 Å². The van der Waals surface area contributed by atoms with Crippen molar-refractivity contribution in [2.45, 2.75) is 0 Å². The second-order valence-corrected chi connectivity index (χ2v) is 3.12. The first-order valence-corrected chi connectivity index (χ1v) is 4.33. The molecule has 4 nitrogen and oxygen atoms in total. The van der Waals surface area contributed by atoms with Gasteiger partial charge in [0, 0.05) is 0 Å². The molecule has 0 aromatic carbocycles. The van der Waals surface area contributed by atoms with Gasteiger partial charge in [0.1, 0.15) is 15.8 Å². The maximum absolute atomic E-state index is 13.4. The summed E-state index contributed by atoms with van der Waals surface area (Å²) in [5, 5.41) is 9.72. The van der Waals surface area contributed by atoms with Crippen molar-refractivity contribution in [1.29, 1.82) is 5.26 Å². The zero-order chi connectivity index (χ0) is 12.3. The van der Waals surface area contributed by atoms with Crippen LogP contribution in [0.2, 0.25) is 0 Å². The van der Waals surface area contributed by atoms with E-state index in [4.69, 9.17) is 35.0 Å². The first-order chi connectivity index (χ1) is 7.54. The third-order valence-electron chi connectivity index (χ3n) is 1.53. The number of halogens is 4. The van der Waals surface area contributed by atoms with Crippen LogP contribution in [0.15, 0.2) is 31.8 Å². The van der Waals surface area contributed by atoms with E-state index in [0.717, 1.165) is 0 Å². The third-order valence-corrected chi connectivity index (χ3v) is 2.22. The van der Waals surface area contributed by atoms with Crippen LogP contribution < -0.4 is 0 Å². The lowest BCUT2D eigenvalue weighted by molar-refractivity contribution is 0.658. The highest BCUT2D eigenvalue weighted by Crippen LogP contribution is 2.32. The maximum Gasteiger partial charge on any atom is 0.206 e. The van der Waals surface area contributed by atoms with E-state index in [1.807, 2.05) is 0 Å². The molecular weight excluding hydrogens is 261 g/mol. The van der Waals surface area contributed by atoms with E-state index in [2.05, 4.69) is 15.0 Å². The summed E-state index contributed by atoms with van der Waals surface area (Å²) >= 11 is 10.8. The van der Waals surface area contributed by atoms with Gasteiger partial charge in [-0.2, -0.15) is 16.8 Å². The molecule has 0 amide bonds. The van der Waals surface area contributed by atoms with Gasteiger partial charge in [-0.1, -0.05) is 23.2 Å². The summed E-state index contributed by atoms with van der Waals surface area (Å²) in [5.41, 5.74) is -1.42. The number of aliphatic imine (C=N–C) groups is 1. The fourth-order valence-electron chi connectivity index (χ4n) is 0.894. The summed E-state index contributed by atoms with van der Waals surface area (Å²) in [6.45, 7) is 6.40. The summed E-state index contributed by atoms with van der Waals surface area (Å²) < 4.78 is 26.8. The minimum absolute atomic E-state index is 0.712. The van der Waals surface area contributed by atoms with Crippen LogP contribution in [0.5, 0.6) is 0 Å². The molecule has 0 heterocycles. The normalized spacial score (nSPS) is 21.4. The zero-order valence-corrected chi connectivity index (χ0v) is 8.81. The first kappa shape index (κ1) is 12.3. The molecule has 16 heavy (non-hydrogen) atoms. The Morgan fingerprint density at radius 1 is 1.19 bits per heavy atom. The van der Waals surface area contributed by atoms with Crippen LogP contribution in [-0.2, 0) is 0 Å². The lowest BCUT2D eigenvalue weighted by Gasteiger charge is -2.10. The minimum atomic E-state index is -1.20. The molecule has 0 N–H and O–H groups in total. The van der Waals surface area contributed by atoms with E-state index in [0.29, 0.717) is 0 Å². The number of hydrogen-bond donors (Lipinski definition) is 0. The number of hydrogen-bond acceptors (Lipinski definition) is 3. The molecule has 0 aromatic rings. The van der Waals surface area contributed by atoms with E-state index >= 15 is 0 Å². The Morgan fingerprint density at radius 3 is 2.19 bits per heavy atom. The molecule has 0 radical (unpaired) electrons. The summed E-state index contributed by atoms with van der Waals surface area (Å²) in [4.78, 5) is 5.50. The fraction of sp³-hybridized carbons (Fsp3) is 0. The topological polar surface area (TPSA) is 52.9 Å². The first-order valence-electron chi connectivity index (χ1n) is 3.57. The van der Waals surface area contributed by atoms with Gasteiger partial charge >= 0.3 is 0 Å². The molecule has 0 atom stereocenters. The maximum atomic E-state index is 13.4. The Morgan fingerprint density at radius 2 is 1.69 bits per heavy atom. The average Bonchev–Trinajstić information content (AvgIpc) is 2.28. The fourth-order valence-corrected chi connectivity index (χ4v) is 1.32. The van der Waals surface area contributed by atoms with Gasteiger partial charge < -0.3 is 0 Å². The van der Waals surface area contributed by atoms with Crippen molar-refractivity contribution in [3.8, 4) is 6.19 Å². The Hall–Kier alpha value is -1.76. The van der Waals surface area contributed by atoms with Gasteiger partial charge in [0.15, 0.2) is 11.7 Å². The molecule has 0 aromatic heterocycles. The Kier molecular flexibility index (Phi) is 3.73. The zero-order valence-electron chi connectivity index (χ0n) is 7.30. The number of nitriles is 1. The van der Waals surface area contributed by atoms with Crippen LogP contribution in [0.4, 0.5) is 8.78 Å². The molecule has 80 valence electrons. The van der Waals surface area contributed by atoms with Crippen molar-refractivity contribution in [3.05, 3.63) is 33.2 Å². The van der Waals surface area contributed by atoms with Crippen molar-refractivity contribution < 1.29 is 8.78 Å². The van der Waals surface area contributed by atoms with Gasteiger partial charge in [0.05, 0.1) is 5.10 Å². The van der Waals surface area contributed by atoms with Crippen molar-refractivity contribution in [2.75, 3.05) is 0 Å². The van der Waals surface area contributed by atoms with Gasteiger partial charge in [-0.25, -0.2) is 8.78 Å². The number of rotatable bonds is 0. The molecule has 0 saturated heterocycles. The molecule has 8 heteroatoms. The molecule has 0 fully saturated rings. The predicted molar refractivity (Wildman–Crippen MR) is 55.1 cm³/mol. The number of nitrogens with zero attached hydrogens (tertiary/aromatic N) is 4. The van der Waals surface area contributed by atoms with Crippen LogP contribution in [0, 0.1) is 18.0 Å². The van der Waals surface area contributed by atoms with Gasteiger partial charge in [-0.3, -0.25) is 0 Å². The highest BCUT2D eigenvalue weighted by atomic mass is 35.5. The van der Waals surface area contributed by atoms with E-state index in [1.165, 1.54) is 6.19 Å². The number of allylic oxidation sites excluding steroid dienone is 4. The van der Waals surface area contributed by atoms with E-state index in [1.54, 1.807) is 0 Å². The highest BCUT2D eigenvalue weighted by molar-refractivity contribution is 6.56. The van der Waals surface area contributed by atoms with Crippen molar-refractivity contribution in [1.82, 2.24) is 0 Å². The lowest BCUT2D eigenvalue weighted by Crippen LogP contribution is -2.16. The second kappa shape index (κ2) is 4.84. The molecule has 0 spiro atoms. The molecule has 0 unspecified atom stereocenters. The smallest absolute Gasteiger partial charge is 0.203 e. The van der Waals surface area contributed by atoms with Crippen LogP contribution in [0.1, 0.15) is 0 Å². The van der Waals surface area contributed by atoms with Crippen LogP contribution in [-0.4, -0.2) is 11.4 Å². The van der Waals surface area contributed by atoms with Gasteiger partial charge in [-0.05, 0) is 0 Å². The van der Waals surface area contributed by atoms with Gasteiger partial charge in [0.25, 0.3) is 0 Å². The van der Waals surface area contributed by atoms with E-state index in [-0.39, 0.29) is 0 Å². The van der Waals surface area contributed by atoms with E-state index < -0.39 is 33.1 Å². The second-order valence-electron chi connectivity index (χ2n) is 2.36. The standard InChI is InChI=1S/C8Cl2F2N4/c1-14-16-8-4(10)5(11)7(15-2-13)3(9)6(8)12. The van der Waals surface area contributed by atoms with Gasteiger partial charge in [-0.15, -0.1) is 4.95 Å². The molecule has 0 saturated carbocycles. The quantitative estimate of drug-likeness (QED) is 0.286. The minimum Gasteiger partial charge on any atom is -0.203 e. The largest absolute Gasteiger partial charge is 0.206 e. The highest BCUT2D eigenvalue weighted by Gasteiger charge is 2.33. The average molecular weight is 261 g/mol. The summed E-state index contributed by atoms with van der Waals surface area (Å²) in [6, 6.07) is 0. The molecule has 1 rings (SSSR count). The summed E-state index contributed by atoms with van der Waals surface area (Å²) in [7, 11) is 0. The van der Waals surface area contributed by atoms with Crippen LogP contribution in [0.25, 0.3) is 4.95 Å². The predicted octanol–water partition coefficient (Wildman–Crippen LogP) is 3.04. The molecular formula is C8Cl2F2N4. The Bertz CT molecular complexity index is 467. The van der Waals surface area contributed by atoms with Crippen LogP contribution in [0.3, 0.4) is 0 Å². The third kappa shape index (κ3) is 1.94. The van der Waals surface area contributed by atoms with E-state index in [9.17, 15) is 8.78 Å². The SMILES string of the molecule is [C-]#[N+]N=C1C(F)=C(Cl)C(=NC#N)C(F)=C1Cl. The van der Waals surface area contributed by atoms with Crippen LogP contribution >= 0.6 is 23.2 Å². The lowest BCUT2D eigenvalue weighted by atomic mass is 10.1. The monoisotopic (exact) mass is 260 g/mol. The molecule has 0 bridgehead atoms. The summed E-state index contributed by atoms with van der Waals surface area (Å²) in [5.74, 6) is -2.39. The molecule has 0 aliphatic heterocycles. The van der Waals surface area contributed by atoms with Gasteiger partial charge in [0.2, 0.25) is 11.9 Å². The summed E-state index contributed by atoms with van der Waals surface area (Å²) in [6.07, 6.45) is 1.26. The molecule has 1 aliphatic rings. The van der Waals surface area contributed by atoms with Crippen molar-refractivity contribution >= 4 is 34.6 Å². The Balaban J connectivity index is 3.52. The molecule has 1 aliphatic carbocycles.